The zero-order chi connectivity index (χ0) is 14.2. The van der Waals surface area contributed by atoms with Gasteiger partial charge in [-0.05, 0) is 43.7 Å². The molecule has 1 saturated heterocycles. The van der Waals surface area contributed by atoms with Crippen LogP contribution in [-0.4, -0.2) is 36.2 Å². The van der Waals surface area contributed by atoms with Crippen LogP contribution < -0.4 is 0 Å². The molecule has 2 heterocycles. The van der Waals surface area contributed by atoms with Crippen molar-refractivity contribution in [1.29, 1.82) is 0 Å². The molecule has 0 spiro atoms. The molecule has 1 aromatic heterocycles. The Morgan fingerprint density at radius 1 is 1.40 bits per heavy atom. The third-order valence-electron chi connectivity index (χ3n) is 4.09. The van der Waals surface area contributed by atoms with Crippen molar-refractivity contribution in [1.82, 2.24) is 8.61 Å². The van der Waals surface area contributed by atoms with Gasteiger partial charge in [-0.1, -0.05) is 6.92 Å². The highest BCUT2D eigenvalue weighted by molar-refractivity contribution is 7.86. The topological polar surface area (TPSA) is 53.8 Å². The minimum atomic E-state index is -3.36. The van der Waals surface area contributed by atoms with Crippen LogP contribution in [-0.2, 0) is 16.8 Å². The lowest BCUT2D eigenvalue weighted by atomic mass is 10.0. The molecule has 1 atom stereocenters. The highest BCUT2D eigenvalue weighted by atomic mass is 32.2. The van der Waals surface area contributed by atoms with E-state index in [1.54, 1.807) is 20.9 Å². The molecule has 2 aliphatic rings. The second kappa shape index (κ2) is 5.50. The Labute approximate surface area is 120 Å². The first kappa shape index (κ1) is 14.1. The summed E-state index contributed by atoms with van der Waals surface area (Å²) in [7, 11) is -3.36. The van der Waals surface area contributed by atoms with E-state index in [1.807, 2.05) is 6.07 Å². The first-order valence-electron chi connectivity index (χ1n) is 7.36. The molecular formula is C14H22N2O3S. The maximum Gasteiger partial charge on any atom is 0.282 e. The van der Waals surface area contributed by atoms with E-state index in [-0.39, 0.29) is 6.04 Å². The molecule has 5 nitrogen and oxygen atoms in total. The fourth-order valence-electron chi connectivity index (χ4n) is 2.82. The molecule has 1 aliphatic heterocycles. The SMILES string of the molecule is CC1CCCN(S(=O)(=O)N(Cc2ccco2)C2CC2)C1. The van der Waals surface area contributed by atoms with E-state index in [4.69, 9.17) is 4.42 Å². The first-order chi connectivity index (χ1) is 9.57. The summed E-state index contributed by atoms with van der Waals surface area (Å²) in [5, 5.41) is 0. The Morgan fingerprint density at radius 2 is 2.20 bits per heavy atom. The summed E-state index contributed by atoms with van der Waals surface area (Å²) in [6, 6.07) is 3.79. The predicted molar refractivity (Wildman–Crippen MR) is 76.2 cm³/mol. The van der Waals surface area contributed by atoms with Crippen molar-refractivity contribution < 1.29 is 12.8 Å². The molecule has 0 aromatic carbocycles. The van der Waals surface area contributed by atoms with Crippen molar-refractivity contribution in [2.45, 2.75) is 45.2 Å². The molecule has 0 amide bonds. The zero-order valence-electron chi connectivity index (χ0n) is 11.9. The molecule has 20 heavy (non-hydrogen) atoms. The maximum absolute atomic E-state index is 12.8. The van der Waals surface area contributed by atoms with Crippen molar-refractivity contribution >= 4 is 10.2 Å². The summed E-state index contributed by atoms with van der Waals surface area (Å²) in [6.07, 6.45) is 5.59. The van der Waals surface area contributed by atoms with Crippen LogP contribution in [0.2, 0.25) is 0 Å². The van der Waals surface area contributed by atoms with Gasteiger partial charge in [-0.3, -0.25) is 0 Å². The standard InChI is InChI=1S/C14H22N2O3S/c1-12-4-2-8-15(10-12)20(17,18)16(13-6-7-13)11-14-5-3-9-19-14/h3,5,9,12-13H,2,4,6-8,10-11H2,1H3. The number of nitrogens with zero attached hydrogens (tertiary/aromatic N) is 2. The lowest BCUT2D eigenvalue weighted by Gasteiger charge is -2.34. The fourth-order valence-corrected chi connectivity index (χ4v) is 4.80. The number of rotatable bonds is 5. The van der Waals surface area contributed by atoms with E-state index >= 15 is 0 Å². The molecule has 0 radical (unpaired) electrons. The van der Waals surface area contributed by atoms with E-state index in [0.717, 1.165) is 25.7 Å². The summed E-state index contributed by atoms with van der Waals surface area (Å²) in [4.78, 5) is 0. The van der Waals surface area contributed by atoms with E-state index in [1.165, 1.54) is 0 Å². The third kappa shape index (κ3) is 2.92. The van der Waals surface area contributed by atoms with Gasteiger partial charge in [-0.25, -0.2) is 0 Å². The summed E-state index contributed by atoms with van der Waals surface area (Å²) < 4.78 is 34.3. The fraction of sp³-hybridized carbons (Fsp3) is 0.714. The van der Waals surface area contributed by atoms with E-state index in [9.17, 15) is 8.42 Å². The van der Waals surface area contributed by atoms with Crippen LogP contribution >= 0.6 is 0 Å². The van der Waals surface area contributed by atoms with Crippen LogP contribution in [0.1, 0.15) is 38.4 Å². The van der Waals surface area contributed by atoms with Crippen molar-refractivity contribution in [3.63, 3.8) is 0 Å². The molecule has 0 N–H and O–H groups in total. The maximum atomic E-state index is 12.8. The van der Waals surface area contributed by atoms with Gasteiger partial charge in [0.15, 0.2) is 0 Å². The quantitative estimate of drug-likeness (QED) is 0.837. The van der Waals surface area contributed by atoms with Gasteiger partial charge in [0.25, 0.3) is 10.2 Å². The van der Waals surface area contributed by atoms with Gasteiger partial charge >= 0.3 is 0 Å². The molecule has 2 fully saturated rings. The number of furan rings is 1. The average Bonchev–Trinajstić information content (AvgIpc) is 3.12. The van der Waals surface area contributed by atoms with Gasteiger partial charge in [-0.15, -0.1) is 0 Å². The van der Waals surface area contributed by atoms with Crippen molar-refractivity contribution in [3.05, 3.63) is 24.2 Å². The summed E-state index contributed by atoms with van der Waals surface area (Å²) in [5.41, 5.74) is 0. The van der Waals surface area contributed by atoms with Crippen LogP contribution in [0.3, 0.4) is 0 Å². The van der Waals surface area contributed by atoms with Crippen LogP contribution in [0.5, 0.6) is 0 Å². The molecule has 112 valence electrons. The average molecular weight is 298 g/mol. The Hall–Kier alpha value is -0.850. The Bertz CT molecular complexity index is 537. The predicted octanol–water partition coefficient (Wildman–Crippen LogP) is 2.22. The minimum Gasteiger partial charge on any atom is -0.468 e. The lowest BCUT2D eigenvalue weighted by molar-refractivity contribution is 0.249. The molecule has 1 aliphatic carbocycles. The third-order valence-corrected chi connectivity index (χ3v) is 6.09. The number of hydrogen-bond donors (Lipinski definition) is 0. The van der Waals surface area contributed by atoms with Gasteiger partial charge in [0.2, 0.25) is 0 Å². The largest absolute Gasteiger partial charge is 0.468 e. The van der Waals surface area contributed by atoms with Gasteiger partial charge in [0.1, 0.15) is 5.76 Å². The highest BCUT2D eigenvalue weighted by Crippen LogP contribution is 2.33. The smallest absolute Gasteiger partial charge is 0.282 e. The van der Waals surface area contributed by atoms with Gasteiger partial charge in [0.05, 0.1) is 12.8 Å². The summed E-state index contributed by atoms with van der Waals surface area (Å²) in [5.74, 6) is 1.16. The normalized spacial score (nSPS) is 25.2. The highest BCUT2D eigenvalue weighted by Gasteiger charge is 2.41. The van der Waals surface area contributed by atoms with E-state index < -0.39 is 10.2 Å². The first-order valence-corrected chi connectivity index (χ1v) is 8.76. The second-order valence-electron chi connectivity index (χ2n) is 5.97. The van der Waals surface area contributed by atoms with Crippen LogP contribution in [0.25, 0.3) is 0 Å². The van der Waals surface area contributed by atoms with Crippen molar-refractivity contribution in [3.8, 4) is 0 Å². The van der Waals surface area contributed by atoms with Crippen LogP contribution in [0.15, 0.2) is 22.8 Å². The van der Waals surface area contributed by atoms with Crippen molar-refractivity contribution in [2.75, 3.05) is 13.1 Å². The van der Waals surface area contributed by atoms with E-state index in [0.29, 0.717) is 31.3 Å². The number of hydrogen-bond acceptors (Lipinski definition) is 3. The summed E-state index contributed by atoms with van der Waals surface area (Å²) >= 11 is 0. The molecule has 6 heteroatoms. The Morgan fingerprint density at radius 3 is 2.80 bits per heavy atom. The molecule has 1 aromatic rings. The van der Waals surface area contributed by atoms with E-state index in [2.05, 4.69) is 6.92 Å². The molecular weight excluding hydrogens is 276 g/mol. The molecule has 3 rings (SSSR count). The van der Waals surface area contributed by atoms with Crippen LogP contribution in [0, 0.1) is 5.92 Å². The van der Waals surface area contributed by atoms with Gasteiger partial charge in [0, 0.05) is 19.1 Å². The number of piperidine rings is 1. The summed E-state index contributed by atoms with van der Waals surface area (Å²) in [6.45, 7) is 3.76. The van der Waals surface area contributed by atoms with Gasteiger partial charge in [-0.2, -0.15) is 17.0 Å². The molecule has 1 unspecified atom stereocenters. The molecule has 1 saturated carbocycles. The Kier molecular flexibility index (Phi) is 3.88. The van der Waals surface area contributed by atoms with Crippen molar-refractivity contribution in [2.24, 2.45) is 5.92 Å². The monoisotopic (exact) mass is 298 g/mol. The second-order valence-corrected chi connectivity index (χ2v) is 7.85. The van der Waals surface area contributed by atoms with Gasteiger partial charge < -0.3 is 4.42 Å². The van der Waals surface area contributed by atoms with Crippen LogP contribution in [0.4, 0.5) is 0 Å². The lowest BCUT2D eigenvalue weighted by Crippen LogP contribution is -2.48. The minimum absolute atomic E-state index is 0.155. The zero-order valence-corrected chi connectivity index (χ0v) is 12.7. The Balaban J connectivity index is 1.78. The molecule has 0 bridgehead atoms.